The average Bonchev–Trinajstić information content (AvgIpc) is 2.35. The van der Waals surface area contributed by atoms with Gasteiger partial charge in [-0.25, -0.2) is 0 Å². The lowest BCUT2D eigenvalue weighted by atomic mass is 9.92. The van der Waals surface area contributed by atoms with Crippen LogP contribution in [0.2, 0.25) is 0 Å². The fourth-order valence-electron chi connectivity index (χ4n) is 1.83. The second-order valence-electron chi connectivity index (χ2n) is 4.83. The first-order valence-electron chi connectivity index (χ1n) is 6.06. The summed E-state index contributed by atoms with van der Waals surface area (Å²) >= 11 is 0. The standard InChI is InChI=1S/C14H19NO4/c1-14(2,19-10-16)12(15-9-13(17)18)8-11-6-4-3-5-7-11/h3-7,10,12,15H,8-9H2,1-2H3,(H,17,18). The number of carboxylic acids is 1. The molecule has 1 aromatic carbocycles. The van der Waals surface area contributed by atoms with Crippen LogP contribution in [0.25, 0.3) is 0 Å². The Bertz CT molecular complexity index is 417. The monoisotopic (exact) mass is 265 g/mol. The fourth-order valence-corrected chi connectivity index (χ4v) is 1.83. The molecule has 0 saturated carbocycles. The van der Waals surface area contributed by atoms with E-state index in [4.69, 9.17) is 9.84 Å². The predicted octanol–water partition coefficient (Wildman–Crippen LogP) is 1.22. The summed E-state index contributed by atoms with van der Waals surface area (Å²) in [6.45, 7) is 3.72. The van der Waals surface area contributed by atoms with Gasteiger partial charge >= 0.3 is 5.97 Å². The van der Waals surface area contributed by atoms with E-state index in [9.17, 15) is 9.59 Å². The smallest absolute Gasteiger partial charge is 0.317 e. The topological polar surface area (TPSA) is 75.6 Å². The summed E-state index contributed by atoms with van der Waals surface area (Å²) in [5, 5.41) is 11.7. The number of ether oxygens (including phenoxy) is 1. The molecule has 104 valence electrons. The molecule has 5 nitrogen and oxygen atoms in total. The maximum Gasteiger partial charge on any atom is 0.317 e. The van der Waals surface area contributed by atoms with Crippen LogP contribution >= 0.6 is 0 Å². The highest BCUT2D eigenvalue weighted by molar-refractivity contribution is 5.69. The number of carbonyl (C=O) groups is 2. The van der Waals surface area contributed by atoms with Crippen LogP contribution in [0.1, 0.15) is 19.4 Å². The van der Waals surface area contributed by atoms with Crippen LogP contribution < -0.4 is 5.32 Å². The zero-order valence-electron chi connectivity index (χ0n) is 11.1. The van der Waals surface area contributed by atoms with Crippen molar-refractivity contribution in [3.05, 3.63) is 35.9 Å². The third kappa shape index (κ3) is 5.09. The molecular formula is C14H19NO4. The van der Waals surface area contributed by atoms with E-state index in [2.05, 4.69) is 5.32 Å². The molecule has 1 rings (SSSR count). The Kier molecular flexibility index (Phi) is 5.51. The summed E-state index contributed by atoms with van der Waals surface area (Å²) in [5.41, 5.74) is 0.264. The Morgan fingerprint density at radius 1 is 1.42 bits per heavy atom. The van der Waals surface area contributed by atoms with E-state index in [1.54, 1.807) is 13.8 Å². The first-order chi connectivity index (χ1) is 8.95. The van der Waals surface area contributed by atoms with Gasteiger partial charge in [0.2, 0.25) is 0 Å². The van der Waals surface area contributed by atoms with Crippen LogP contribution in [-0.2, 0) is 20.7 Å². The minimum absolute atomic E-state index is 0.177. The normalized spacial score (nSPS) is 12.7. The lowest BCUT2D eigenvalue weighted by Crippen LogP contribution is -2.51. The summed E-state index contributed by atoms with van der Waals surface area (Å²) < 4.78 is 5.06. The molecule has 19 heavy (non-hydrogen) atoms. The Balaban J connectivity index is 2.79. The number of carbonyl (C=O) groups excluding carboxylic acids is 1. The van der Waals surface area contributed by atoms with Crippen molar-refractivity contribution in [3.8, 4) is 0 Å². The molecule has 0 aliphatic heterocycles. The Morgan fingerprint density at radius 3 is 2.58 bits per heavy atom. The molecule has 0 spiro atoms. The molecule has 1 aromatic rings. The first kappa shape index (κ1) is 15.2. The van der Waals surface area contributed by atoms with E-state index in [1.807, 2.05) is 30.3 Å². The van der Waals surface area contributed by atoms with Gasteiger partial charge in [-0.1, -0.05) is 30.3 Å². The van der Waals surface area contributed by atoms with Crippen LogP contribution in [0.4, 0.5) is 0 Å². The van der Waals surface area contributed by atoms with Crippen molar-refractivity contribution in [3.63, 3.8) is 0 Å². The minimum atomic E-state index is -0.944. The van der Waals surface area contributed by atoms with Crippen LogP contribution in [0.15, 0.2) is 30.3 Å². The van der Waals surface area contributed by atoms with E-state index in [-0.39, 0.29) is 12.6 Å². The second-order valence-corrected chi connectivity index (χ2v) is 4.83. The quantitative estimate of drug-likeness (QED) is 0.691. The van der Waals surface area contributed by atoms with Crippen LogP contribution in [-0.4, -0.2) is 35.7 Å². The lowest BCUT2D eigenvalue weighted by Gasteiger charge is -2.33. The highest BCUT2D eigenvalue weighted by Gasteiger charge is 2.31. The van der Waals surface area contributed by atoms with Crippen LogP contribution in [0.3, 0.4) is 0 Å². The van der Waals surface area contributed by atoms with Gasteiger partial charge in [0, 0.05) is 0 Å². The molecule has 0 bridgehead atoms. The molecule has 5 heteroatoms. The van der Waals surface area contributed by atoms with Gasteiger partial charge in [0.05, 0.1) is 12.6 Å². The average molecular weight is 265 g/mol. The highest BCUT2D eigenvalue weighted by Crippen LogP contribution is 2.18. The fraction of sp³-hybridized carbons (Fsp3) is 0.429. The Labute approximate surface area is 112 Å². The summed E-state index contributed by atoms with van der Waals surface area (Å²) in [6, 6.07) is 9.36. The van der Waals surface area contributed by atoms with Gasteiger partial charge in [-0.05, 0) is 25.8 Å². The van der Waals surface area contributed by atoms with Crippen molar-refractivity contribution < 1.29 is 19.4 Å². The van der Waals surface area contributed by atoms with Crippen LogP contribution in [0.5, 0.6) is 0 Å². The zero-order chi connectivity index (χ0) is 14.3. The molecule has 0 radical (unpaired) electrons. The molecule has 0 aliphatic rings. The molecule has 0 heterocycles. The summed E-state index contributed by atoms with van der Waals surface area (Å²) in [6.07, 6.45) is 0.578. The number of hydrogen-bond acceptors (Lipinski definition) is 4. The summed E-state index contributed by atoms with van der Waals surface area (Å²) in [7, 11) is 0. The maximum absolute atomic E-state index is 10.7. The van der Waals surface area contributed by atoms with Crippen molar-refractivity contribution in [1.29, 1.82) is 0 Å². The molecule has 0 amide bonds. The van der Waals surface area contributed by atoms with Gasteiger partial charge in [0.25, 0.3) is 6.47 Å². The van der Waals surface area contributed by atoms with Crippen molar-refractivity contribution in [2.45, 2.75) is 31.9 Å². The highest BCUT2D eigenvalue weighted by atomic mass is 16.5. The van der Waals surface area contributed by atoms with E-state index in [0.29, 0.717) is 12.9 Å². The van der Waals surface area contributed by atoms with Gasteiger partial charge in [0.15, 0.2) is 0 Å². The minimum Gasteiger partial charge on any atom is -0.480 e. The second kappa shape index (κ2) is 6.89. The largest absolute Gasteiger partial charge is 0.480 e. The van der Waals surface area contributed by atoms with Crippen molar-refractivity contribution >= 4 is 12.4 Å². The van der Waals surface area contributed by atoms with E-state index < -0.39 is 11.6 Å². The summed E-state index contributed by atoms with van der Waals surface area (Å²) in [4.78, 5) is 21.2. The van der Waals surface area contributed by atoms with Crippen LogP contribution in [0, 0.1) is 0 Å². The number of carboxylic acid groups (broad SMARTS) is 1. The van der Waals surface area contributed by atoms with Gasteiger partial charge in [-0.3, -0.25) is 9.59 Å². The summed E-state index contributed by atoms with van der Waals surface area (Å²) in [5.74, 6) is -0.944. The zero-order valence-corrected chi connectivity index (χ0v) is 11.1. The predicted molar refractivity (Wildman–Crippen MR) is 70.8 cm³/mol. The number of benzene rings is 1. The van der Waals surface area contributed by atoms with Gasteiger partial charge in [-0.15, -0.1) is 0 Å². The van der Waals surface area contributed by atoms with Crippen molar-refractivity contribution in [2.75, 3.05) is 6.54 Å². The molecule has 1 unspecified atom stereocenters. The van der Waals surface area contributed by atoms with Gasteiger partial charge < -0.3 is 15.2 Å². The molecule has 0 saturated heterocycles. The molecule has 0 fully saturated rings. The van der Waals surface area contributed by atoms with E-state index >= 15 is 0 Å². The Hall–Kier alpha value is -1.88. The first-order valence-corrected chi connectivity index (χ1v) is 6.06. The van der Waals surface area contributed by atoms with E-state index in [1.165, 1.54) is 0 Å². The maximum atomic E-state index is 10.7. The SMILES string of the molecule is CC(C)(OC=O)C(Cc1ccccc1)NCC(=O)O. The van der Waals surface area contributed by atoms with Gasteiger partial charge in [-0.2, -0.15) is 0 Å². The number of nitrogens with one attached hydrogen (secondary N) is 1. The third-order valence-corrected chi connectivity index (χ3v) is 2.97. The number of aliphatic carboxylic acids is 1. The molecule has 2 N–H and O–H groups in total. The van der Waals surface area contributed by atoms with Gasteiger partial charge in [0.1, 0.15) is 5.60 Å². The van der Waals surface area contributed by atoms with Crippen molar-refractivity contribution in [2.24, 2.45) is 0 Å². The molecule has 0 aromatic heterocycles. The molecule has 1 atom stereocenters. The molecular weight excluding hydrogens is 246 g/mol. The van der Waals surface area contributed by atoms with E-state index in [0.717, 1.165) is 5.56 Å². The number of hydrogen-bond donors (Lipinski definition) is 2. The number of rotatable bonds is 8. The lowest BCUT2D eigenvalue weighted by molar-refractivity contribution is -0.143. The van der Waals surface area contributed by atoms with Crippen molar-refractivity contribution in [1.82, 2.24) is 5.32 Å². The Morgan fingerprint density at radius 2 is 2.05 bits per heavy atom. The molecule has 0 aliphatic carbocycles. The third-order valence-electron chi connectivity index (χ3n) is 2.97.